The minimum atomic E-state index is -0.432. The van der Waals surface area contributed by atoms with Crippen LogP contribution in [0.4, 0.5) is 14.6 Å². The molecule has 1 atom stereocenters. The predicted octanol–water partition coefficient (Wildman–Crippen LogP) is 4.04. The van der Waals surface area contributed by atoms with Crippen LogP contribution in [0.25, 0.3) is 11.3 Å². The van der Waals surface area contributed by atoms with E-state index < -0.39 is 11.6 Å². The number of hydrogen-bond acceptors (Lipinski definition) is 5. The topological polar surface area (TPSA) is 71.5 Å². The lowest BCUT2D eigenvalue weighted by atomic mass is 10.0. The van der Waals surface area contributed by atoms with E-state index in [9.17, 15) is 8.78 Å². The van der Waals surface area contributed by atoms with Gasteiger partial charge in [-0.15, -0.1) is 0 Å². The van der Waals surface area contributed by atoms with Crippen molar-refractivity contribution in [3.63, 3.8) is 0 Å². The fourth-order valence-electron chi connectivity index (χ4n) is 4.15. The first-order valence-electron chi connectivity index (χ1n) is 10.8. The fourth-order valence-corrected chi connectivity index (χ4v) is 4.15. The third kappa shape index (κ3) is 4.54. The van der Waals surface area contributed by atoms with Crippen molar-refractivity contribution in [3.05, 3.63) is 66.0 Å². The highest BCUT2D eigenvalue weighted by molar-refractivity contribution is 5.73. The van der Waals surface area contributed by atoms with E-state index in [1.165, 1.54) is 12.1 Å². The Balaban J connectivity index is 1.56. The zero-order chi connectivity index (χ0) is 21.8. The summed E-state index contributed by atoms with van der Waals surface area (Å²) < 4.78 is 29.9. The van der Waals surface area contributed by atoms with Crippen molar-refractivity contribution in [3.8, 4) is 0 Å². The van der Waals surface area contributed by atoms with E-state index in [0.29, 0.717) is 17.8 Å². The van der Waals surface area contributed by atoms with Crippen LogP contribution in [-0.4, -0.2) is 34.2 Å². The number of aromatic nitrogens is 3. The van der Waals surface area contributed by atoms with Crippen molar-refractivity contribution in [1.29, 1.82) is 0 Å². The van der Waals surface area contributed by atoms with Gasteiger partial charge >= 0.3 is 0 Å². The molecule has 0 bridgehead atoms. The molecule has 31 heavy (non-hydrogen) atoms. The molecule has 6 nitrogen and oxygen atoms in total. The highest BCUT2D eigenvalue weighted by atomic mass is 19.1. The van der Waals surface area contributed by atoms with Gasteiger partial charge in [0.2, 0.25) is 0 Å². The molecule has 1 saturated heterocycles. The van der Waals surface area contributed by atoms with Crippen molar-refractivity contribution in [2.45, 2.75) is 38.1 Å². The smallest absolute Gasteiger partial charge is 0.166 e. The van der Waals surface area contributed by atoms with Gasteiger partial charge in [-0.25, -0.2) is 18.3 Å². The molecule has 164 valence electrons. The Bertz CT molecular complexity index is 1060. The van der Waals surface area contributed by atoms with Gasteiger partial charge < -0.3 is 16.0 Å². The molecule has 0 aliphatic carbocycles. The number of anilines is 1. The Morgan fingerprint density at radius 3 is 2.94 bits per heavy atom. The highest BCUT2D eigenvalue weighted by Crippen LogP contribution is 2.37. The maximum atomic E-state index is 14.4. The number of nitrogens with one attached hydrogen (secondary N) is 1. The largest absolute Gasteiger partial charge is 0.385 e. The second-order valence-electron chi connectivity index (χ2n) is 7.88. The number of nitrogens with zero attached hydrogens (tertiary/aromatic N) is 4. The minimum absolute atomic E-state index is 0.249. The standard InChI is InChI=1S/C23H28F2N6/c1-16(27-11-4-2-3-10-26)19-15-28-31-13-9-22(29-23(19)31)30-12-5-6-21(30)18-14-17(24)7-8-20(18)25/h7-9,13-15,21,27H,1-6,10-12,26H2. The second-order valence-corrected chi connectivity index (χ2v) is 7.88. The van der Waals surface area contributed by atoms with Gasteiger partial charge in [0.15, 0.2) is 5.65 Å². The molecule has 8 heteroatoms. The van der Waals surface area contributed by atoms with Crippen LogP contribution >= 0.6 is 0 Å². The molecule has 2 aromatic heterocycles. The maximum absolute atomic E-state index is 14.4. The molecular formula is C23H28F2N6. The quantitative estimate of drug-likeness (QED) is 0.506. The average Bonchev–Trinajstić information content (AvgIpc) is 3.42. The van der Waals surface area contributed by atoms with Gasteiger partial charge in [-0.1, -0.05) is 13.0 Å². The SMILES string of the molecule is C=C(NCCCCCN)c1cnn2ccc(N3CCCC3c3cc(F)ccc3F)nc12. The Hall–Kier alpha value is -3.00. The molecule has 1 unspecified atom stereocenters. The van der Waals surface area contributed by atoms with Crippen molar-refractivity contribution in [2.24, 2.45) is 5.73 Å². The van der Waals surface area contributed by atoms with Crippen LogP contribution < -0.4 is 16.0 Å². The predicted molar refractivity (Wildman–Crippen MR) is 119 cm³/mol. The normalized spacial score (nSPS) is 16.2. The van der Waals surface area contributed by atoms with Crippen LogP contribution in [0.2, 0.25) is 0 Å². The van der Waals surface area contributed by atoms with Crippen molar-refractivity contribution < 1.29 is 8.78 Å². The number of benzene rings is 1. The zero-order valence-electron chi connectivity index (χ0n) is 17.5. The summed E-state index contributed by atoms with van der Waals surface area (Å²) in [6.07, 6.45) is 8.32. The molecule has 0 radical (unpaired) electrons. The lowest BCUT2D eigenvalue weighted by Crippen LogP contribution is -2.24. The van der Waals surface area contributed by atoms with Gasteiger partial charge in [0.05, 0.1) is 17.8 Å². The maximum Gasteiger partial charge on any atom is 0.166 e. The Labute approximate surface area is 180 Å². The van der Waals surface area contributed by atoms with Crippen LogP contribution in [0.15, 0.2) is 43.2 Å². The highest BCUT2D eigenvalue weighted by Gasteiger charge is 2.30. The molecule has 3 aromatic rings. The fraction of sp³-hybridized carbons (Fsp3) is 0.391. The van der Waals surface area contributed by atoms with E-state index in [-0.39, 0.29) is 6.04 Å². The second kappa shape index (κ2) is 9.43. The van der Waals surface area contributed by atoms with Gasteiger partial charge in [0.1, 0.15) is 17.5 Å². The third-order valence-electron chi connectivity index (χ3n) is 5.76. The van der Waals surface area contributed by atoms with E-state index >= 15 is 0 Å². The van der Waals surface area contributed by atoms with Crippen LogP contribution in [0, 0.1) is 11.6 Å². The number of hydrogen-bond donors (Lipinski definition) is 2. The number of nitrogens with two attached hydrogens (primary N) is 1. The van der Waals surface area contributed by atoms with E-state index in [1.807, 2.05) is 17.2 Å². The first kappa shape index (κ1) is 21.2. The third-order valence-corrected chi connectivity index (χ3v) is 5.76. The number of halogens is 2. The molecule has 0 saturated carbocycles. The summed E-state index contributed by atoms with van der Waals surface area (Å²) in [6.45, 7) is 6.39. The van der Waals surface area contributed by atoms with Crippen molar-refractivity contribution in [1.82, 2.24) is 19.9 Å². The molecule has 4 rings (SSSR count). The Morgan fingerprint density at radius 2 is 2.10 bits per heavy atom. The summed E-state index contributed by atoms with van der Waals surface area (Å²) in [5.74, 6) is -0.105. The zero-order valence-corrected chi connectivity index (χ0v) is 17.5. The van der Waals surface area contributed by atoms with E-state index in [4.69, 9.17) is 10.7 Å². The molecule has 0 spiro atoms. The number of unbranched alkanes of at least 4 members (excludes halogenated alkanes) is 2. The lowest BCUT2D eigenvalue weighted by Gasteiger charge is -2.26. The van der Waals surface area contributed by atoms with Crippen LogP contribution in [0.3, 0.4) is 0 Å². The minimum Gasteiger partial charge on any atom is -0.385 e. The summed E-state index contributed by atoms with van der Waals surface area (Å²) in [6, 6.07) is 5.24. The first-order chi connectivity index (χ1) is 15.1. The van der Waals surface area contributed by atoms with Gasteiger partial charge in [-0.3, -0.25) is 0 Å². The van der Waals surface area contributed by atoms with E-state index in [1.54, 1.807) is 10.7 Å². The van der Waals surface area contributed by atoms with Crippen molar-refractivity contribution >= 4 is 17.2 Å². The Kier molecular flexibility index (Phi) is 6.46. The average molecular weight is 427 g/mol. The van der Waals surface area contributed by atoms with Crippen molar-refractivity contribution in [2.75, 3.05) is 24.5 Å². The Morgan fingerprint density at radius 1 is 1.23 bits per heavy atom. The van der Waals surface area contributed by atoms with E-state index in [0.717, 1.165) is 68.3 Å². The molecule has 3 heterocycles. The molecule has 0 amide bonds. The summed E-state index contributed by atoms with van der Waals surface area (Å²) in [5.41, 5.74) is 8.18. The molecule has 1 aliphatic rings. The van der Waals surface area contributed by atoms with Gasteiger partial charge in [-0.05, 0) is 56.5 Å². The summed E-state index contributed by atoms with van der Waals surface area (Å²) in [7, 11) is 0. The van der Waals surface area contributed by atoms with Crippen LogP contribution in [0.5, 0.6) is 0 Å². The number of rotatable bonds is 9. The van der Waals surface area contributed by atoms with Gasteiger partial charge in [0, 0.05) is 30.5 Å². The lowest BCUT2D eigenvalue weighted by molar-refractivity contribution is 0.560. The molecular weight excluding hydrogens is 398 g/mol. The molecule has 1 fully saturated rings. The molecule has 1 aliphatic heterocycles. The van der Waals surface area contributed by atoms with E-state index in [2.05, 4.69) is 17.0 Å². The van der Waals surface area contributed by atoms with Gasteiger partial charge in [-0.2, -0.15) is 5.10 Å². The molecule has 3 N–H and O–H groups in total. The summed E-state index contributed by atoms with van der Waals surface area (Å²) in [5, 5.41) is 7.72. The van der Waals surface area contributed by atoms with Crippen LogP contribution in [-0.2, 0) is 0 Å². The summed E-state index contributed by atoms with van der Waals surface area (Å²) >= 11 is 0. The van der Waals surface area contributed by atoms with Crippen LogP contribution in [0.1, 0.15) is 49.3 Å². The van der Waals surface area contributed by atoms with Gasteiger partial charge in [0.25, 0.3) is 0 Å². The molecule has 1 aromatic carbocycles. The first-order valence-corrected chi connectivity index (χ1v) is 10.8. The number of fused-ring (bicyclic) bond motifs is 1. The summed E-state index contributed by atoms with van der Waals surface area (Å²) in [4.78, 5) is 6.86. The monoisotopic (exact) mass is 426 g/mol.